The Morgan fingerprint density at radius 3 is 2.60 bits per heavy atom. The molecule has 1 N–H and O–H groups in total. The van der Waals surface area contributed by atoms with E-state index in [1.807, 2.05) is 30.3 Å². The van der Waals surface area contributed by atoms with Crippen LogP contribution in [0.2, 0.25) is 0 Å². The van der Waals surface area contributed by atoms with E-state index in [1.54, 1.807) is 6.20 Å². The van der Waals surface area contributed by atoms with Gasteiger partial charge in [0.1, 0.15) is 0 Å². The summed E-state index contributed by atoms with van der Waals surface area (Å²) in [4.78, 5) is 14.3. The highest BCUT2D eigenvalue weighted by atomic mass is 32.2. The van der Waals surface area contributed by atoms with Crippen LogP contribution in [0.4, 0.5) is 5.69 Å². The number of aromatic nitrogens is 1. The van der Waals surface area contributed by atoms with Crippen LogP contribution in [0.3, 0.4) is 0 Å². The molecule has 25 heavy (non-hydrogen) atoms. The molecule has 0 unspecified atom stereocenters. The van der Waals surface area contributed by atoms with E-state index < -0.39 is 20.6 Å². The third kappa shape index (κ3) is 3.65. The molecule has 8 heteroatoms. The second kappa shape index (κ2) is 6.96. The molecule has 128 valence electrons. The zero-order valence-electron chi connectivity index (χ0n) is 13.1. The molecule has 0 aliphatic carbocycles. The van der Waals surface area contributed by atoms with E-state index in [2.05, 4.69) is 9.71 Å². The lowest BCUT2D eigenvalue weighted by molar-refractivity contribution is -0.387. The number of hydrogen-bond donors (Lipinski definition) is 1. The molecule has 0 bridgehead atoms. The first-order valence-corrected chi connectivity index (χ1v) is 9.03. The van der Waals surface area contributed by atoms with Crippen molar-refractivity contribution >= 4 is 26.6 Å². The fourth-order valence-electron chi connectivity index (χ4n) is 2.60. The maximum absolute atomic E-state index is 12.4. The van der Waals surface area contributed by atoms with Crippen LogP contribution in [-0.2, 0) is 16.4 Å². The maximum atomic E-state index is 12.4. The van der Waals surface area contributed by atoms with Crippen LogP contribution in [-0.4, -0.2) is 24.9 Å². The summed E-state index contributed by atoms with van der Waals surface area (Å²) in [6.07, 6.45) is 2.11. The van der Waals surface area contributed by atoms with Gasteiger partial charge in [-0.05, 0) is 24.1 Å². The van der Waals surface area contributed by atoms with Gasteiger partial charge in [0.2, 0.25) is 10.0 Å². The van der Waals surface area contributed by atoms with Crippen molar-refractivity contribution in [3.05, 3.63) is 76.5 Å². The summed E-state index contributed by atoms with van der Waals surface area (Å²) in [5.74, 6) is 0. The highest BCUT2D eigenvalue weighted by Gasteiger charge is 2.24. The monoisotopic (exact) mass is 357 g/mol. The van der Waals surface area contributed by atoms with Gasteiger partial charge in [-0.1, -0.05) is 36.4 Å². The molecule has 0 aliphatic rings. The van der Waals surface area contributed by atoms with Crippen molar-refractivity contribution in [1.29, 1.82) is 0 Å². The zero-order valence-corrected chi connectivity index (χ0v) is 13.9. The second-order valence-electron chi connectivity index (χ2n) is 5.36. The number of fused-ring (bicyclic) bond motifs is 1. The Bertz CT molecular complexity index is 1030. The average molecular weight is 357 g/mol. The topological polar surface area (TPSA) is 102 Å². The minimum atomic E-state index is -3.97. The number of para-hydroxylation sites is 2. The van der Waals surface area contributed by atoms with E-state index in [-0.39, 0.29) is 11.4 Å². The number of nitrogens with zero attached hydrogens (tertiary/aromatic N) is 2. The van der Waals surface area contributed by atoms with Gasteiger partial charge in [-0.3, -0.25) is 15.1 Å². The number of pyridine rings is 1. The van der Waals surface area contributed by atoms with Crippen LogP contribution in [0.25, 0.3) is 10.9 Å². The molecule has 3 aromatic rings. The van der Waals surface area contributed by atoms with Gasteiger partial charge in [-0.15, -0.1) is 0 Å². The summed E-state index contributed by atoms with van der Waals surface area (Å²) < 4.78 is 27.2. The SMILES string of the molecule is O=[N+]([O-])c1ccccc1S(=O)(=O)NCCc1cccc2cccnc12. The molecule has 0 aliphatic heterocycles. The molecule has 1 heterocycles. The van der Waals surface area contributed by atoms with Gasteiger partial charge in [-0.25, -0.2) is 13.1 Å². The van der Waals surface area contributed by atoms with E-state index >= 15 is 0 Å². The van der Waals surface area contributed by atoms with Crippen LogP contribution in [0.15, 0.2) is 65.7 Å². The van der Waals surface area contributed by atoms with Gasteiger partial charge in [0.05, 0.1) is 10.4 Å². The van der Waals surface area contributed by atoms with E-state index in [4.69, 9.17) is 0 Å². The summed E-state index contributed by atoms with van der Waals surface area (Å²) in [7, 11) is -3.97. The van der Waals surface area contributed by atoms with Crippen molar-refractivity contribution in [3.63, 3.8) is 0 Å². The molecule has 3 rings (SSSR count). The lowest BCUT2D eigenvalue weighted by Gasteiger charge is -2.08. The Morgan fingerprint density at radius 1 is 1.04 bits per heavy atom. The Labute approximate surface area is 144 Å². The van der Waals surface area contributed by atoms with Gasteiger partial charge in [-0.2, -0.15) is 0 Å². The molecule has 1 aromatic heterocycles. The summed E-state index contributed by atoms with van der Waals surface area (Å²) in [5.41, 5.74) is 1.28. The maximum Gasteiger partial charge on any atom is 0.289 e. The predicted molar refractivity (Wildman–Crippen MR) is 93.7 cm³/mol. The van der Waals surface area contributed by atoms with Crippen LogP contribution >= 0.6 is 0 Å². The Balaban J connectivity index is 1.78. The second-order valence-corrected chi connectivity index (χ2v) is 7.10. The Hall–Kier alpha value is -2.84. The first-order chi connectivity index (χ1) is 12.0. The molecular formula is C17H15N3O4S. The summed E-state index contributed by atoms with van der Waals surface area (Å²) in [5, 5.41) is 12.0. The number of hydrogen-bond acceptors (Lipinski definition) is 5. The van der Waals surface area contributed by atoms with Crippen LogP contribution in [0, 0.1) is 10.1 Å². The summed E-state index contributed by atoms with van der Waals surface area (Å²) >= 11 is 0. The van der Waals surface area contributed by atoms with Gasteiger partial charge in [0, 0.05) is 24.2 Å². The van der Waals surface area contributed by atoms with Gasteiger partial charge in [0.15, 0.2) is 4.90 Å². The molecule has 0 spiro atoms. The number of benzene rings is 2. The van der Waals surface area contributed by atoms with Gasteiger partial charge in [0.25, 0.3) is 5.69 Å². The van der Waals surface area contributed by atoms with Crippen LogP contribution < -0.4 is 4.72 Å². The quantitative estimate of drug-likeness (QED) is 0.540. The molecule has 0 saturated carbocycles. The van der Waals surface area contributed by atoms with Crippen molar-refractivity contribution in [2.45, 2.75) is 11.3 Å². The lowest BCUT2D eigenvalue weighted by Crippen LogP contribution is -2.26. The zero-order chi connectivity index (χ0) is 17.9. The lowest BCUT2D eigenvalue weighted by atomic mass is 10.1. The molecule has 7 nitrogen and oxygen atoms in total. The number of rotatable bonds is 6. The van der Waals surface area contributed by atoms with Gasteiger partial charge < -0.3 is 0 Å². The van der Waals surface area contributed by atoms with Crippen molar-refractivity contribution in [2.24, 2.45) is 0 Å². The van der Waals surface area contributed by atoms with Crippen molar-refractivity contribution < 1.29 is 13.3 Å². The largest absolute Gasteiger partial charge is 0.289 e. The smallest absolute Gasteiger partial charge is 0.258 e. The van der Waals surface area contributed by atoms with Gasteiger partial charge >= 0.3 is 0 Å². The number of nitro benzene ring substituents is 1. The molecule has 0 fully saturated rings. The van der Waals surface area contributed by atoms with E-state index in [0.717, 1.165) is 16.5 Å². The molecule has 0 saturated heterocycles. The fraction of sp³-hybridized carbons (Fsp3) is 0.118. The standard InChI is InChI=1S/C17H15N3O4S/c21-20(22)15-8-1-2-9-16(15)25(23,24)19-12-10-14-6-3-5-13-7-4-11-18-17(13)14/h1-9,11,19H,10,12H2. The number of nitro groups is 1. The number of sulfonamides is 1. The third-order valence-electron chi connectivity index (χ3n) is 3.75. The number of nitrogens with one attached hydrogen (secondary N) is 1. The van der Waals surface area contributed by atoms with Crippen molar-refractivity contribution in [2.75, 3.05) is 6.54 Å². The van der Waals surface area contributed by atoms with Crippen LogP contribution in [0.5, 0.6) is 0 Å². The molecule has 0 amide bonds. The van der Waals surface area contributed by atoms with E-state index in [9.17, 15) is 18.5 Å². The van der Waals surface area contributed by atoms with Crippen molar-refractivity contribution in [3.8, 4) is 0 Å². The summed E-state index contributed by atoms with van der Waals surface area (Å²) in [6.45, 7) is 0.115. The van der Waals surface area contributed by atoms with Crippen molar-refractivity contribution in [1.82, 2.24) is 9.71 Å². The van der Waals surface area contributed by atoms with Crippen LogP contribution in [0.1, 0.15) is 5.56 Å². The first-order valence-electron chi connectivity index (χ1n) is 7.55. The normalized spacial score (nSPS) is 11.5. The highest BCUT2D eigenvalue weighted by Crippen LogP contribution is 2.22. The highest BCUT2D eigenvalue weighted by molar-refractivity contribution is 7.89. The molecular weight excluding hydrogens is 342 g/mol. The summed E-state index contributed by atoms with van der Waals surface area (Å²) in [6, 6.07) is 14.7. The van der Waals surface area contributed by atoms with E-state index in [1.165, 1.54) is 24.3 Å². The fourth-order valence-corrected chi connectivity index (χ4v) is 3.80. The minimum absolute atomic E-state index is 0.115. The Morgan fingerprint density at radius 2 is 1.80 bits per heavy atom. The third-order valence-corrected chi connectivity index (χ3v) is 5.26. The molecule has 2 aromatic carbocycles. The van der Waals surface area contributed by atoms with E-state index in [0.29, 0.717) is 6.42 Å². The molecule has 0 radical (unpaired) electrons. The Kier molecular flexibility index (Phi) is 4.73. The predicted octanol–water partition coefficient (Wildman–Crippen LogP) is 2.66. The first kappa shape index (κ1) is 17.0. The average Bonchev–Trinajstić information content (AvgIpc) is 2.62. The minimum Gasteiger partial charge on any atom is -0.258 e. The molecule has 0 atom stereocenters.